The van der Waals surface area contributed by atoms with Crippen LogP contribution in [-0.2, 0) is 32.1 Å². The molecule has 0 radical (unpaired) electrons. The number of aryl methyl sites for hydroxylation is 1. The molecule has 1 aromatic carbocycles. The highest BCUT2D eigenvalue weighted by atomic mass is 32.1. The van der Waals surface area contributed by atoms with Gasteiger partial charge in [0.25, 0.3) is 0 Å². The van der Waals surface area contributed by atoms with E-state index in [0.717, 1.165) is 35.4 Å². The van der Waals surface area contributed by atoms with Gasteiger partial charge >= 0.3 is 0 Å². The molecule has 2 aliphatic heterocycles. The van der Waals surface area contributed by atoms with Crippen LogP contribution in [0.3, 0.4) is 0 Å². The van der Waals surface area contributed by atoms with E-state index < -0.39 is 35.1 Å². The van der Waals surface area contributed by atoms with Crippen molar-refractivity contribution in [2.24, 2.45) is 5.92 Å². The van der Waals surface area contributed by atoms with Crippen LogP contribution in [-0.4, -0.2) is 74.9 Å². The first-order valence-electron chi connectivity index (χ1n) is 15.1. The minimum atomic E-state index is -1.35. The topological polar surface area (TPSA) is 134 Å². The molecule has 4 atom stereocenters. The van der Waals surface area contributed by atoms with E-state index in [1.807, 2.05) is 41.1 Å². The number of imidazole rings is 1. The van der Waals surface area contributed by atoms with Gasteiger partial charge in [-0.15, -0.1) is 23.7 Å². The molecule has 2 aliphatic rings. The molecule has 13 heteroatoms. The molecular formula is C32H38N6O5S2. The molecule has 3 N–H and O–H groups in total. The van der Waals surface area contributed by atoms with Gasteiger partial charge in [0.2, 0.25) is 23.6 Å². The van der Waals surface area contributed by atoms with Crippen LogP contribution < -0.4 is 20.7 Å². The Hall–Kier alpha value is -4.02. The van der Waals surface area contributed by atoms with E-state index in [1.54, 1.807) is 11.1 Å². The van der Waals surface area contributed by atoms with Gasteiger partial charge in [0.15, 0.2) is 4.96 Å². The Labute approximate surface area is 271 Å². The van der Waals surface area contributed by atoms with Gasteiger partial charge in [-0.2, -0.15) is 12.6 Å². The normalized spacial score (nSPS) is 23.2. The second-order valence-electron chi connectivity index (χ2n) is 11.5. The molecule has 11 nitrogen and oxygen atoms in total. The van der Waals surface area contributed by atoms with Crippen molar-refractivity contribution in [1.82, 2.24) is 30.2 Å². The van der Waals surface area contributed by atoms with Crippen molar-refractivity contribution >= 4 is 52.6 Å². The number of thiazole rings is 1. The van der Waals surface area contributed by atoms with Crippen molar-refractivity contribution in [3.8, 4) is 18.1 Å². The highest BCUT2D eigenvalue weighted by Crippen LogP contribution is 2.24. The van der Waals surface area contributed by atoms with Gasteiger partial charge in [-0.1, -0.05) is 6.07 Å². The Balaban J connectivity index is 1.40. The first-order chi connectivity index (χ1) is 21.7. The number of carbonyl (C=O) groups is 4. The number of nitrogens with zero attached hydrogens (tertiary/aromatic N) is 3. The number of amides is 4. The standard InChI is InChI=1S/C32H38N6O5S2/c1-3-4-7-25-29(40)33-17-22-15-24(9-8-20(22)2)43-13-10-21-6-5-11-37(18-21)31(42)28(44)27(30(41)35-25)36-26(39)16-23-19-38-12-14-45-32(38)34-23/h1,8-9,12,14-15,19,21,25,27-28,44H,4-7,10-11,13,16-18H2,2H3,(H,33,40)(H,35,41)(H,36,39)/t21?,25-,27-,28?/m0/s1. The summed E-state index contributed by atoms with van der Waals surface area (Å²) in [6.07, 6.45) is 11.9. The fourth-order valence-electron chi connectivity index (χ4n) is 5.70. The summed E-state index contributed by atoms with van der Waals surface area (Å²) in [4.78, 5) is 61.1. The van der Waals surface area contributed by atoms with Crippen molar-refractivity contribution in [2.45, 2.75) is 69.3 Å². The monoisotopic (exact) mass is 650 g/mol. The molecule has 2 unspecified atom stereocenters. The van der Waals surface area contributed by atoms with Gasteiger partial charge in [-0.25, -0.2) is 4.98 Å². The van der Waals surface area contributed by atoms with Crippen molar-refractivity contribution in [3.63, 3.8) is 0 Å². The highest BCUT2D eigenvalue weighted by Gasteiger charge is 2.38. The Kier molecular flexibility index (Phi) is 10.7. The number of piperidine rings is 1. The Morgan fingerprint density at radius 3 is 2.91 bits per heavy atom. The zero-order valence-electron chi connectivity index (χ0n) is 25.2. The third kappa shape index (κ3) is 8.18. The van der Waals surface area contributed by atoms with E-state index in [-0.39, 0.29) is 37.6 Å². The molecular weight excluding hydrogens is 613 g/mol. The van der Waals surface area contributed by atoms with Gasteiger partial charge in [0, 0.05) is 43.8 Å². The zero-order valence-corrected chi connectivity index (χ0v) is 26.9. The van der Waals surface area contributed by atoms with Gasteiger partial charge in [0.1, 0.15) is 23.1 Å². The van der Waals surface area contributed by atoms with Crippen molar-refractivity contribution in [3.05, 3.63) is 52.8 Å². The quantitative estimate of drug-likeness (QED) is 0.247. The van der Waals surface area contributed by atoms with Crippen molar-refractivity contribution in [2.75, 3.05) is 19.7 Å². The summed E-state index contributed by atoms with van der Waals surface area (Å²) in [5.74, 6) is 1.45. The third-order valence-electron chi connectivity index (χ3n) is 8.26. The van der Waals surface area contributed by atoms with Crippen LogP contribution in [0.2, 0.25) is 0 Å². The number of benzene rings is 1. The number of ether oxygens (including phenoxy) is 1. The molecule has 238 valence electrons. The van der Waals surface area contributed by atoms with Crippen LogP contribution in [0.5, 0.6) is 5.75 Å². The summed E-state index contributed by atoms with van der Waals surface area (Å²) in [5, 5.41) is 9.06. The number of terminal acetylenes is 1. The summed E-state index contributed by atoms with van der Waals surface area (Å²) < 4.78 is 7.87. The molecule has 3 aromatic rings. The lowest BCUT2D eigenvalue weighted by Crippen LogP contribution is -2.60. The molecule has 1 saturated heterocycles. The number of rotatable bonds is 5. The fourth-order valence-corrected chi connectivity index (χ4v) is 6.80. The number of thiol groups is 1. The molecule has 5 rings (SSSR count). The summed E-state index contributed by atoms with van der Waals surface area (Å²) >= 11 is 6.04. The lowest BCUT2D eigenvalue weighted by molar-refractivity contribution is -0.137. The number of hydrogen-bond acceptors (Lipinski definition) is 8. The molecule has 1 fully saturated rings. The minimum absolute atomic E-state index is 0.0991. The number of carbonyl (C=O) groups excluding carboxylic acids is 4. The average molecular weight is 651 g/mol. The predicted molar refractivity (Wildman–Crippen MR) is 174 cm³/mol. The second-order valence-corrected chi connectivity index (χ2v) is 13.0. The molecule has 0 saturated carbocycles. The maximum Gasteiger partial charge on any atom is 0.244 e. The Morgan fingerprint density at radius 1 is 1.27 bits per heavy atom. The van der Waals surface area contributed by atoms with E-state index in [2.05, 4.69) is 39.5 Å². The van der Waals surface area contributed by atoms with Gasteiger partial charge in [0.05, 0.1) is 18.7 Å². The van der Waals surface area contributed by atoms with Gasteiger partial charge in [-0.3, -0.25) is 23.6 Å². The van der Waals surface area contributed by atoms with Crippen molar-refractivity contribution in [1.29, 1.82) is 0 Å². The van der Waals surface area contributed by atoms with Crippen LogP contribution in [0.15, 0.2) is 36.0 Å². The zero-order chi connectivity index (χ0) is 31.9. The molecule has 4 bridgehead atoms. The Morgan fingerprint density at radius 2 is 2.11 bits per heavy atom. The minimum Gasteiger partial charge on any atom is -0.494 e. The van der Waals surface area contributed by atoms with Crippen LogP contribution in [0.1, 0.15) is 48.9 Å². The second kappa shape index (κ2) is 14.8. The van der Waals surface area contributed by atoms with Crippen LogP contribution in [0.4, 0.5) is 0 Å². The maximum atomic E-state index is 13.8. The van der Waals surface area contributed by atoms with Crippen molar-refractivity contribution < 1.29 is 23.9 Å². The average Bonchev–Trinajstić information content (AvgIpc) is 3.63. The third-order valence-corrected chi connectivity index (χ3v) is 9.55. The van der Waals surface area contributed by atoms with E-state index in [9.17, 15) is 19.2 Å². The van der Waals surface area contributed by atoms with E-state index >= 15 is 0 Å². The van der Waals surface area contributed by atoms with Crippen LogP contribution in [0, 0.1) is 25.2 Å². The first kappa shape index (κ1) is 32.4. The molecule has 0 aliphatic carbocycles. The summed E-state index contributed by atoms with van der Waals surface area (Å²) in [5.41, 5.74) is 2.40. The maximum absolute atomic E-state index is 13.8. The smallest absolute Gasteiger partial charge is 0.244 e. The molecule has 4 amide bonds. The highest BCUT2D eigenvalue weighted by molar-refractivity contribution is 7.82. The predicted octanol–water partition coefficient (Wildman–Crippen LogP) is 2.27. The lowest BCUT2D eigenvalue weighted by atomic mass is 9.94. The van der Waals surface area contributed by atoms with Crippen LogP contribution >= 0.6 is 24.0 Å². The number of nitrogens with one attached hydrogen (secondary N) is 3. The summed E-state index contributed by atoms with van der Waals surface area (Å²) in [7, 11) is 0. The number of fused-ring (bicyclic) bond motifs is 5. The lowest BCUT2D eigenvalue weighted by Gasteiger charge is -2.36. The Bertz CT molecular complexity index is 1570. The van der Waals surface area contributed by atoms with E-state index in [0.29, 0.717) is 31.1 Å². The molecule has 2 aromatic heterocycles. The van der Waals surface area contributed by atoms with E-state index in [1.165, 1.54) is 11.3 Å². The SMILES string of the molecule is C#CCC[C@@H]1NC(=O)[C@@H](NC(=O)Cc2cn3ccsc3n2)C(S)C(=O)N2CCCC(CCOc3ccc(C)c(c3)CNC1=O)C2. The molecule has 4 heterocycles. The molecule has 0 spiro atoms. The number of aromatic nitrogens is 2. The summed E-state index contributed by atoms with van der Waals surface area (Å²) in [6.45, 7) is 3.68. The van der Waals surface area contributed by atoms with Crippen LogP contribution in [0.25, 0.3) is 4.96 Å². The number of hydrogen-bond donors (Lipinski definition) is 4. The largest absolute Gasteiger partial charge is 0.494 e. The fraction of sp³-hybridized carbons (Fsp3) is 0.469. The van der Waals surface area contributed by atoms with E-state index in [4.69, 9.17) is 11.2 Å². The molecule has 45 heavy (non-hydrogen) atoms. The van der Waals surface area contributed by atoms with Gasteiger partial charge in [-0.05, 0) is 61.8 Å². The first-order valence-corrected chi connectivity index (χ1v) is 16.5. The van der Waals surface area contributed by atoms with Gasteiger partial charge < -0.3 is 25.6 Å². The summed E-state index contributed by atoms with van der Waals surface area (Å²) in [6, 6.07) is 3.41.